The predicted octanol–water partition coefficient (Wildman–Crippen LogP) is 1.97. The van der Waals surface area contributed by atoms with Gasteiger partial charge in [-0.25, -0.2) is 8.42 Å². The van der Waals surface area contributed by atoms with Gasteiger partial charge >= 0.3 is 0 Å². The zero-order valence-corrected chi connectivity index (χ0v) is 8.41. The van der Waals surface area contributed by atoms with Crippen LogP contribution in [0.5, 0.6) is 0 Å². The smallest absolute Gasteiger partial charge is 0.263 e. The van der Waals surface area contributed by atoms with Crippen molar-refractivity contribution in [2.45, 2.75) is 11.8 Å². The molecule has 0 aliphatic rings. The molecule has 0 amide bonds. The second-order valence-electron chi connectivity index (χ2n) is 2.21. The van der Waals surface area contributed by atoms with Gasteiger partial charge in [0.25, 0.3) is 9.05 Å². The summed E-state index contributed by atoms with van der Waals surface area (Å²) in [5, 5.41) is 0.125. The van der Waals surface area contributed by atoms with Crippen molar-refractivity contribution in [3.8, 4) is 0 Å². The molecule has 66 valence electrons. The molecule has 1 heterocycles. The number of aryl methyl sites for hydroxylation is 1. The predicted molar refractivity (Wildman–Crippen MR) is 47.0 cm³/mol. The Labute approximate surface area is 79.8 Å². The summed E-state index contributed by atoms with van der Waals surface area (Å²) in [5.74, 6) is 0. The average molecular weight is 226 g/mol. The minimum Gasteiger partial charge on any atom is -0.263 e. The average Bonchev–Trinajstić information content (AvgIpc) is 1.92. The molecule has 0 N–H and O–H groups in total. The van der Waals surface area contributed by atoms with Gasteiger partial charge in [0.05, 0.1) is 5.02 Å². The van der Waals surface area contributed by atoms with Crippen LogP contribution in [0.25, 0.3) is 0 Å². The first-order valence-corrected chi connectivity index (χ1v) is 5.66. The van der Waals surface area contributed by atoms with E-state index in [1.165, 1.54) is 6.20 Å². The van der Waals surface area contributed by atoms with Gasteiger partial charge in [-0.05, 0) is 12.5 Å². The molecule has 0 fully saturated rings. The van der Waals surface area contributed by atoms with E-state index < -0.39 is 9.05 Å². The summed E-state index contributed by atoms with van der Waals surface area (Å²) in [6.07, 6.45) is 2.59. The van der Waals surface area contributed by atoms with Crippen LogP contribution in [0, 0.1) is 6.92 Å². The van der Waals surface area contributed by atoms with Gasteiger partial charge in [0.15, 0.2) is 0 Å². The van der Waals surface area contributed by atoms with Crippen molar-refractivity contribution in [2.75, 3.05) is 0 Å². The second-order valence-corrected chi connectivity index (χ2v) is 5.12. The minimum absolute atomic E-state index is 0.125. The Kier molecular flexibility index (Phi) is 2.61. The fraction of sp³-hybridized carbons (Fsp3) is 0.167. The van der Waals surface area contributed by atoms with Crippen LogP contribution in [0.1, 0.15) is 5.56 Å². The highest BCUT2D eigenvalue weighted by Gasteiger charge is 2.15. The monoisotopic (exact) mass is 225 g/mol. The van der Waals surface area contributed by atoms with Crippen molar-refractivity contribution in [3.63, 3.8) is 0 Å². The van der Waals surface area contributed by atoms with E-state index in [9.17, 15) is 8.42 Å². The third-order valence-electron chi connectivity index (χ3n) is 1.29. The summed E-state index contributed by atoms with van der Waals surface area (Å²) in [6.45, 7) is 1.65. The van der Waals surface area contributed by atoms with E-state index in [0.29, 0.717) is 5.56 Å². The van der Waals surface area contributed by atoms with Crippen molar-refractivity contribution in [1.82, 2.24) is 4.98 Å². The first kappa shape index (κ1) is 9.77. The number of halogens is 2. The summed E-state index contributed by atoms with van der Waals surface area (Å²) < 4.78 is 21.7. The molecule has 0 aliphatic carbocycles. The molecule has 0 unspecified atom stereocenters. The summed E-state index contributed by atoms with van der Waals surface area (Å²) in [6, 6.07) is 0. The van der Waals surface area contributed by atoms with Gasteiger partial charge in [-0.2, -0.15) is 0 Å². The lowest BCUT2D eigenvalue weighted by Gasteiger charge is -2.00. The van der Waals surface area contributed by atoms with E-state index in [0.717, 1.165) is 6.20 Å². The fourth-order valence-corrected chi connectivity index (χ4v) is 2.13. The van der Waals surface area contributed by atoms with E-state index in [4.69, 9.17) is 22.3 Å². The van der Waals surface area contributed by atoms with Gasteiger partial charge < -0.3 is 0 Å². The Balaban J connectivity index is 3.47. The lowest BCUT2D eigenvalue weighted by molar-refractivity contribution is 0.609. The van der Waals surface area contributed by atoms with Crippen molar-refractivity contribution < 1.29 is 8.42 Å². The quantitative estimate of drug-likeness (QED) is 0.687. The van der Waals surface area contributed by atoms with E-state index >= 15 is 0 Å². The van der Waals surface area contributed by atoms with Crippen LogP contribution < -0.4 is 0 Å². The van der Waals surface area contributed by atoms with E-state index in [1.807, 2.05) is 0 Å². The van der Waals surface area contributed by atoms with Gasteiger partial charge in [-0.15, -0.1) is 0 Å². The Morgan fingerprint density at radius 3 is 2.42 bits per heavy atom. The molecular formula is C6H5Cl2NO2S. The molecule has 0 atom stereocenters. The molecule has 1 aromatic rings. The lowest BCUT2D eigenvalue weighted by atomic mass is 10.3. The molecular weight excluding hydrogens is 221 g/mol. The lowest BCUT2D eigenvalue weighted by Crippen LogP contribution is -1.94. The van der Waals surface area contributed by atoms with Gasteiger partial charge in [0.1, 0.15) is 4.90 Å². The molecule has 6 heteroatoms. The second kappa shape index (κ2) is 3.20. The summed E-state index contributed by atoms with van der Waals surface area (Å²) >= 11 is 5.67. The highest BCUT2D eigenvalue weighted by atomic mass is 35.7. The first-order valence-electron chi connectivity index (χ1n) is 2.97. The van der Waals surface area contributed by atoms with Gasteiger partial charge in [-0.1, -0.05) is 11.6 Å². The van der Waals surface area contributed by atoms with E-state index in [2.05, 4.69) is 4.98 Å². The van der Waals surface area contributed by atoms with Gasteiger partial charge in [0, 0.05) is 23.1 Å². The largest absolute Gasteiger partial charge is 0.264 e. The maximum atomic E-state index is 10.8. The Morgan fingerprint density at radius 1 is 1.42 bits per heavy atom. The number of hydrogen-bond acceptors (Lipinski definition) is 3. The highest BCUT2D eigenvalue weighted by molar-refractivity contribution is 8.13. The molecule has 1 rings (SSSR count). The van der Waals surface area contributed by atoms with E-state index in [1.54, 1.807) is 6.92 Å². The van der Waals surface area contributed by atoms with Crippen molar-refractivity contribution in [3.05, 3.63) is 23.0 Å². The maximum absolute atomic E-state index is 10.8. The van der Waals surface area contributed by atoms with Gasteiger partial charge in [0.2, 0.25) is 0 Å². The molecule has 0 aliphatic heterocycles. The third kappa shape index (κ3) is 1.88. The molecule has 0 radical (unpaired) electrons. The summed E-state index contributed by atoms with van der Waals surface area (Å²) in [5.41, 5.74) is 0.582. The van der Waals surface area contributed by atoms with Crippen LogP contribution in [0.2, 0.25) is 5.02 Å². The Hall–Kier alpha value is -0.320. The SMILES string of the molecule is Cc1cncc(S(=O)(=O)Cl)c1Cl. The number of aromatic nitrogens is 1. The standard InChI is InChI=1S/C6H5Cl2NO2S/c1-4-2-9-3-5(6(4)7)12(8,10)11/h2-3H,1H3. The molecule has 3 nitrogen and oxygen atoms in total. The normalized spacial score (nSPS) is 11.6. The molecule has 0 spiro atoms. The topological polar surface area (TPSA) is 47.0 Å². The van der Waals surface area contributed by atoms with Crippen LogP contribution in [0.4, 0.5) is 0 Å². The zero-order chi connectivity index (χ0) is 9.35. The molecule has 12 heavy (non-hydrogen) atoms. The van der Waals surface area contributed by atoms with Crippen molar-refractivity contribution in [1.29, 1.82) is 0 Å². The molecule has 1 aromatic heterocycles. The van der Waals surface area contributed by atoms with Crippen LogP contribution >= 0.6 is 22.3 Å². The Bertz CT molecular complexity index is 402. The Morgan fingerprint density at radius 2 is 2.00 bits per heavy atom. The third-order valence-corrected chi connectivity index (χ3v) is 3.23. The van der Waals surface area contributed by atoms with E-state index in [-0.39, 0.29) is 9.92 Å². The number of rotatable bonds is 1. The molecule has 0 saturated carbocycles. The zero-order valence-electron chi connectivity index (χ0n) is 6.08. The highest BCUT2D eigenvalue weighted by Crippen LogP contribution is 2.25. The minimum atomic E-state index is -3.78. The fourth-order valence-electron chi connectivity index (χ4n) is 0.694. The number of hydrogen-bond donors (Lipinski definition) is 0. The van der Waals surface area contributed by atoms with Crippen molar-refractivity contribution in [2.24, 2.45) is 0 Å². The summed E-state index contributed by atoms with van der Waals surface area (Å²) in [7, 11) is 1.31. The van der Waals surface area contributed by atoms with Crippen LogP contribution in [0.15, 0.2) is 17.3 Å². The van der Waals surface area contributed by atoms with Crippen LogP contribution in [-0.2, 0) is 9.05 Å². The molecule has 0 aromatic carbocycles. The first-order chi connectivity index (χ1) is 5.43. The number of pyridine rings is 1. The van der Waals surface area contributed by atoms with Crippen molar-refractivity contribution >= 4 is 31.3 Å². The maximum Gasteiger partial charge on any atom is 0.264 e. The molecule has 0 saturated heterocycles. The van der Waals surface area contributed by atoms with Crippen LogP contribution in [0.3, 0.4) is 0 Å². The van der Waals surface area contributed by atoms with Crippen LogP contribution in [-0.4, -0.2) is 13.4 Å². The summed E-state index contributed by atoms with van der Waals surface area (Å²) in [4.78, 5) is 3.52. The molecule has 0 bridgehead atoms. The number of nitrogens with zero attached hydrogens (tertiary/aromatic N) is 1. The van der Waals surface area contributed by atoms with Gasteiger partial charge in [-0.3, -0.25) is 4.98 Å².